The van der Waals surface area contributed by atoms with Crippen molar-refractivity contribution in [3.8, 4) is 0 Å². The molecule has 2 aliphatic rings. The average molecular weight is 293 g/mol. The molecule has 21 heavy (non-hydrogen) atoms. The first-order valence-corrected chi connectivity index (χ1v) is 7.56. The van der Waals surface area contributed by atoms with Crippen LogP contribution in [0.3, 0.4) is 0 Å². The lowest BCUT2D eigenvalue weighted by molar-refractivity contribution is -0.182. The molecule has 6 nitrogen and oxygen atoms in total. The summed E-state index contributed by atoms with van der Waals surface area (Å²) in [6.07, 6.45) is 5.22. The van der Waals surface area contributed by atoms with Gasteiger partial charge in [-0.3, -0.25) is 9.48 Å². The Balaban J connectivity index is 1.65. The normalized spacial score (nSPS) is 21.9. The van der Waals surface area contributed by atoms with Gasteiger partial charge in [-0.2, -0.15) is 5.10 Å². The zero-order valence-electron chi connectivity index (χ0n) is 13.0. The zero-order chi connectivity index (χ0) is 15.0. The van der Waals surface area contributed by atoms with E-state index >= 15 is 0 Å². The highest BCUT2D eigenvalue weighted by molar-refractivity contribution is 5.95. The Morgan fingerprint density at radius 1 is 1.38 bits per heavy atom. The summed E-state index contributed by atoms with van der Waals surface area (Å²) in [4.78, 5) is 14.5. The maximum atomic E-state index is 12.6. The van der Waals surface area contributed by atoms with Crippen LogP contribution in [0.4, 0.5) is 0 Å². The Bertz CT molecular complexity index is 524. The van der Waals surface area contributed by atoms with Gasteiger partial charge in [0.1, 0.15) is 0 Å². The van der Waals surface area contributed by atoms with Crippen LogP contribution in [0.1, 0.15) is 41.7 Å². The Kier molecular flexibility index (Phi) is 3.75. The highest BCUT2D eigenvalue weighted by Crippen LogP contribution is 2.37. The Morgan fingerprint density at radius 2 is 2.00 bits per heavy atom. The summed E-state index contributed by atoms with van der Waals surface area (Å²) >= 11 is 0. The zero-order valence-corrected chi connectivity index (χ0v) is 13.0. The summed E-state index contributed by atoms with van der Waals surface area (Å²) < 4.78 is 13.2. The Labute approximate surface area is 125 Å². The van der Waals surface area contributed by atoms with Crippen LogP contribution in [-0.4, -0.2) is 52.7 Å². The summed E-state index contributed by atoms with van der Waals surface area (Å²) in [5, 5.41) is 4.15. The number of aryl methyl sites for hydroxylation is 1. The van der Waals surface area contributed by atoms with E-state index in [1.165, 1.54) is 0 Å². The molecule has 0 radical (unpaired) electrons. The van der Waals surface area contributed by atoms with Gasteiger partial charge in [0.05, 0.1) is 25.0 Å². The van der Waals surface area contributed by atoms with Crippen LogP contribution >= 0.6 is 0 Å². The first-order chi connectivity index (χ1) is 10.0. The summed E-state index contributed by atoms with van der Waals surface area (Å²) in [6, 6.07) is 0.246. The van der Waals surface area contributed by atoms with E-state index in [0.29, 0.717) is 18.8 Å². The summed E-state index contributed by atoms with van der Waals surface area (Å²) in [6.45, 7) is 3.30. The molecule has 0 bridgehead atoms. The first-order valence-electron chi connectivity index (χ1n) is 7.56. The summed E-state index contributed by atoms with van der Waals surface area (Å²) in [5.74, 6) is -0.320. The number of ether oxygens (including phenoxy) is 2. The molecular weight excluding hydrogens is 270 g/mol. The molecule has 0 N–H and O–H groups in total. The van der Waals surface area contributed by atoms with Crippen molar-refractivity contribution >= 4 is 5.91 Å². The van der Waals surface area contributed by atoms with Gasteiger partial charge in [0.25, 0.3) is 5.91 Å². The first kappa shape index (κ1) is 14.5. The van der Waals surface area contributed by atoms with Gasteiger partial charge in [-0.15, -0.1) is 0 Å². The molecule has 0 aromatic carbocycles. The van der Waals surface area contributed by atoms with Crippen molar-refractivity contribution in [2.24, 2.45) is 7.05 Å². The van der Waals surface area contributed by atoms with Gasteiger partial charge >= 0.3 is 0 Å². The van der Waals surface area contributed by atoms with Crippen LogP contribution in [-0.2, 0) is 16.5 Å². The van der Waals surface area contributed by atoms with Gasteiger partial charge in [-0.25, -0.2) is 0 Å². The predicted octanol–water partition coefficient (Wildman–Crippen LogP) is 1.49. The molecule has 1 aromatic rings. The number of carbonyl (C=O) groups excluding carboxylic acids is 1. The Morgan fingerprint density at radius 3 is 2.52 bits per heavy atom. The smallest absolute Gasteiger partial charge is 0.257 e. The minimum Gasteiger partial charge on any atom is -0.348 e. The van der Waals surface area contributed by atoms with Crippen LogP contribution in [0.2, 0.25) is 0 Å². The van der Waals surface area contributed by atoms with Crippen LogP contribution in [0.25, 0.3) is 0 Å². The molecule has 1 aromatic heterocycles. The highest BCUT2D eigenvalue weighted by atomic mass is 16.7. The van der Waals surface area contributed by atoms with Gasteiger partial charge in [0.2, 0.25) is 0 Å². The van der Waals surface area contributed by atoms with Crippen molar-refractivity contribution in [2.75, 3.05) is 20.3 Å². The number of amides is 1. The fourth-order valence-electron chi connectivity index (χ4n) is 3.28. The molecule has 1 spiro atoms. The number of nitrogens with zero attached hydrogens (tertiary/aromatic N) is 3. The van der Waals surface area contributed by atoms with Crippen molar-refractivity contribution in [1.82, 2.24) is 14.7 Å². The largest absolute Gasteiger partial charge is 0.348 e. The number of hydrogen-bond donors (Lipinski definition) is 0. The van der Waals surface area contributed by atoms with Crippen LogP contribution in [0.15, 0.2) is 6.20 Å². The number of aromatic nitrogens is 2. The second-order valence-corrected chi connectivity index (χ2v) is 6.02. The van der Waals surface area contributed by atoms with E-state index in [1.54, 1.807) is 10.9 Å². The van der Waals surface area contributed by atoms with E-state index in [4.69, 9.17) is 9.47 Å². The second kappa shape index (κ2) is 5.42. The lowest BCUT2D eigenvalue weighted by Gasteiger charge is -2.39. The maximum absolute atomic E-state index is 12.6. The monoisotopic (exact) mass is 293 g/mol. The maximum Gasteiger partial charge on any atom is 0.257 e. The lowest BCUT2D eigenvalue weighted by atomic mass is 9.89. The standard InChI is InChI=1S/C15H23N3O3/c1-11-13(10-16-18(11)3)14(19)17(2)12-4-6-15(7-5-12)20-8-9-21-15/h10,12H,4-9H2,1-3H3. The van der Waals surface area contributed by atoms with Gasteiger partial charge in [0.15, 0.2) is 5.79 Å². The number of carbonyl (C=O) groups is 1. The molecule has 3 rings (SSSR count). The molecule has 116 valence electrons. The quantitative estimate of drug-likeness (QED) is 0.829. The third-order valence-electron chi connectivity index (χ3n) is 4.86. The molecular formula is C15H23N3O3. The van der Waals surface area contributed by atoms with Crippen LogP contribution < -0.4 is 0 Å². The van der Waals surface area contributed by atoms with Gasteiger partial charge in [0, 0.05) is 38.7 Å². The lowest BCUT2D eigenvalue weighted by Crippen LogP contribution is -2.45. The van der Waals surface area contributed by atoms with E-state index in [-0.39, 0.29) is 17.7 Å². The number of hydrogen-bond acceptors (Lipinski definition) is 4. The third kappa shape index (κ3) is 2.58. The van der Waals surface area contributed by atoms with Crippen LogP contribution in [0.5, 0.6) is 0 Å². The molecule has 1 aliphatic carbocycles. The van der Waals surface area contributed by atoms with Crippen molar-refractivity contribution < 1.29 is 14.3 Å². The van der Waals surface area contributed by atoms with E-state index in [1.807, 2.05) is 25.9 Å². The van der Waals surface area contributed by atoms with Gasteiger partial charge in [-0.1, -0.05) is 0 Å². The summed E-state index contributed by atoms with van der Waals surface area (Å²) in [7, 11) is 3.74. The molecule has 2 heterocycles. The SMILES string of the molecule is Cc1c(C(=O)N(C)C2CCC3(CC2)OCCO3)cnn1C. The fraction of sp³-hybridized carbons (Fsp3) is 0.733. The molecule has 0 unspecified atom stereocenters. The van der Waals surface area contributed by atoms with Crippen molar-refractivity contribution in [2.45, 2.75) is 44.4 Å². The van der Waals surface area contributed by atoms with Crippen molar-refractivity contribution in [3.05, 3.63) is 17.5 Å². The van der Waals surface area contributed by atoms with E-state index < -0.39 is 0 Å². The van der Waals surface area contributed by atoms with Gasteiger partial charge in [-0.05, 0) is 19.8 Å². The topological polar surface area (TPSA) is 56.6 Å². The molecule has 1 aliphatic heterocycles. The van der Waals surface area contributed by atoms with Gasteiger partial charge < -0.3 is 14.4 Å². The minimum atomic E-state index is -0.370. The van der Waals surface area contributed by atoms with Crippen molar-refractivity contribution in [3.63, 3.8) is 0 Å². The van der Waals surface area contributed by atoms with E-state index in [0.717, 1.165) is 31.4 Å². The average Bonchev–Trinajstić information content (AvgIpc) is 3.07. The molecule has 6 heteroatoms. The third-order valence-corrected chi connectivity index (χ3v) is 4.86. The Hall–Kier alpha value is -1.40. The number of rotatable bonds is 2. The van der Waals surface area contributed by atoms with Crippen molar-refractivity contribution in [1.29, 1.82) is 0 Å². The fourth-order valence-corrected chi connectivity index (χ4v) is 3.28. The minimum absolute atomic E-state index is 0.0507. The second-order valence-electron chi connectivity index (χ2n) is 6.02. The molecule has 0 atom stereocenters. The van der Waals surface area contributed by atoms with E-state index in [2.05, 4.69) is 5.10 Å². The van der Waals surface area contributed by atoms with Crippen LogP contribution in [0, 0.1) is 6.92 Å². The highest BCUT2D eigenvalue weighted by Gasteiger charge is 2.41. The van der Waals surface area contributed by atoms with E-state index in [9.17, 15) is 4.79 Å². The molecule has 1 saturated carbocycles. The predicted molar refractivity (Wildman–Crippen MR) is 76.9 cm³/mol. The summed E-state index contributed by atoms with van der Waals surface area (Å²) in [5.41, 5.74) is 1.59. The molecule has 1 amide bonds. The molecule has 1 saturated heterocycles. The molecule has 2 fully saturated rings.